The molecular formula is C40H54Cl2N4O7. The van der Waals surface area contributed by atoms with Crippen LogP contribution in [0.25, 0.3) is 0 Å². The molecule has 0 radical (unpaired) electrons. The molecule has 0 aliphatic carbocycles. The molecule has 4 N–H and O–H groups in total. The van der Waals surface area contributed by atoms with Crippen molar-refractivity contribution >= 4 is 52.8 Å². The summed E-state index contributed by atoms with van der Waals surface area (Å²) in [6, 6.07) is 11.0. The van der Waals surface area contributed by atoms with Crippen LogP contribution in [-0.4, -0.2) is 89.3 Å². The molecule has 2 aromatic carbocycles. The number of phenols is 1. The van der Waals surface area contributed by atoms with Crippen molar-refractivity contribution in [2.24, 2.45) is 23.7 Å². The van der Waals surface area contributed by atoms with Crippen LogP contribution in [0.1, 0.15) is 82.3 Å². The summed E-state index contributed by atoms with van der Waals surface area (Å²) in [5, 5.41) is 25.4. The fraction of sp³-hybridized carbons (Fsp3) is 0.600. The van der Waals surface area contributed by atoms with E-state index >= 15 is 0 Å². The number of carbonyl (C=O) groups is 4. The maximum atomic E-state index is 13.7. The van der Waals surface area contributed by atoms with Crippen molar-refractivity contribution < 1.29 is 34.1 Å². The molecule has 2 saturated heterocycles. The Morgan fingerprint density at radius 2 is 1.68 bits per heavy atom. The Bertz CT molecular complexity index is 1550. The fourth-order valence-electron chi connectivity index (χ4n) is 8.26. The number of ether oxygens (including phenoxy) is 1. The summed E-state index contributed by atoms with van der Waals surface area (Å²) < 4.78 is 5.90. The third kappa shape index (κ3) is 11.7. The molecule has 290 valence electrons. The predicted molar refractivity (Wildman–Crippen MR) is 205 cm³/mol. The van der Waals surface area contributed by atoms with E-state index < -0.39 is 24.1 Å². The number of carboxylic acid groups (broad SMARTS) is 1. The summed E-state index contributed by atoms with van der Waals surface area (Å²) in [6.07, 6.45) is 7.96. The number of piperidine rings is 2. The second-order valence-electron chi connectivity index (χ2n) is 15.0. The Kier molecular flexibility index (Phi) is 15.1. The van der Waals surface area contributed by atoms with E-state index in [1.54, 1.807) is 4.90 Å². The van der Waals surface area contributed by atoms with Crippen LogP contribution >= 0.6 is 23.2 Å². The van der Waals surface area contributed by atoms with Gasteiger partial charge in [-0.3, -0.25) is 19.3 Å². The fourth-order valence-corrected chi connectivity index (χ4v) is 8.79. The van der Waals surface area contributed by atoms with Crippen LogP contribution in [0.5, 0.6) is 5.75 Å². The standard InChI is InChI=1S/C40H54Cl2N4O7/c1-2-5-28(29-15-18-45(19-16-29)25-36(47)48)12-17-43-39(51)35(24-27-22-32(41)37(49)33(42)23-27)53-40(52)46-20-13-26(14-21-46)8-9-31-11-10-30-6-3-4-7-34(30)44-38(31)50/h3-4,6-7,22-23,26,28-29,31,35,49H,2,5,8-21,24-25H2,1H3,(H,43,51)(H,44,50)(H,47,48)/t28?,31?,35-/m1/s1. The maximum Gasteiger partial charge on any atom is 0.410 e. The zero-order chi connectivity index (χ0) is 37.9. The number of likely N-dealkylation sites (tertiary alicyclic amines) is 2. The molecule has 0 aromatic heterocycles. The summed E-state index contributed by atoms with van der Waals surface area (Å²) in [5.74, 6) is -0.206. The van der Waals surface area contributed by atoms with Gasteiger partial charge in [-0.1, -0.05) is 61.2 Å². The highest BCUT2D eigenvalue weighted by Crippen LogP contribution is 2.34. The first kappa shape index (κ1) is 40.6. The third-order valence-electron chi connectivity index (χ3n) is 11.4. The number of rotatable bonds is 15. The number of aryl methyl sites for hydroxylation is 1. The predicted octanol–water partition coefficient (Wildman–Crippen LogP) is 7.16. The van der Waals surface area contributed by atoms with E-state index in [-0.39, 0.29) is 40.6 Å². The topological polar surface area (TPSA) is 149 Å². The molecule has 3 aliphatic heterocycles. The van der Waals surface area contributed by atoms with Gasteiger partial charge in [0.1, 0.15) is 0 Å². The van der Waals surface area contributed by atoms with Gasteiger partial charge in [0, 0.05) is 37.7 Å². The molecule has 3 heterocycles. The minimum Gasteiger partial charge on any atom is -0.505 e. The maximum absolute atomic E-state index is 13.7. The molecule has 5 rings (SSSR count). The van der Waals surface area contributed by atoms with E-state index in [0.29, 0.717) is 43.0 Å². The number of phenolic OH excluding ortho intramolecular Hbond substituents is 1. The first-order valence-electron chi connectivity index (χ1n) is 19.2. The molecule has 0 bridgehead atoms. The second-order valence-corrected chi connectivity index (χ2v) is 15.8. The van der Waals surface area contributed by atoms with Crippen molar-refractivity contribution in [2.75, 3.05) is 44.6 Å². The lowest BCUT2D eigenvalue weighted by atomic mass is 9.80. The Balaban J connectivity index is 1.13. The van der Waals surface area contributed by atoms with Gasteiger partial charge < -0.3 is 30.5 Å². The Morgan fingerprint density at radius 1 is 0.981 bits per heavy atom. The van der Waals surface area contributed by atoms with Crippen LogP contribution in [-0.2, 0) is 32.0 Å². The summed E-state index contributed by atoms with van der Waals surface area (Å²) in [5.41, 5.74) is 2.63. The number of fused-ring (bicyclic) bond motifs is 1. The summed E-state index contributed by atoms with van der Waals surface area (Å²) in [7, 11) is 0. The molecule has 53 heavy (non-hydrogen) atoms. The number of aromatic hydroxyl groups is 1. The van der Waals surface area contributed by atoms with Crippen molar-refractivity contribution in [1.82, 2.24) is 15.1 Å². The largest absolute Gasteiger partial charge is 0.505 e. The monoisotopic (exact) mass is 772 g/mol. The van der Waals surface area contributed by atoms with Crippen LogP contribution in [0.15, 0.2) is 36.4 Å². The minimum atomic E-state index is -1.14. The quantitative estimate of drug-likeness (QED) is 0.149. The van der Waals surface area contributed by atoms with Crippen molar-refractivity contribution in [3.05, 3.63) is 57.6 Å². The van der Waals surface area contributed by atoms with Gasteiger partial charge in [-0.25, -0.2) is 4.79 Å². The number of amides is 3. The van der Waals surface area contributed by atoms with Crippen LogP contribution in [0.3, 0.4) is 0 Å². The highest BCUT2D eigenvalue weighted by molar-refractivity contribution is 6.37. The Morgan fingerprint density at radius 3 is 2.36 bits per heavy atom. The SMILES string of the molecule is CCCC(CCNC(=O)[C@@H](Cc1cc(Cl)c(O)c(Cl)c1)OC(=O)N1CCC(CCC2CCc3ccccc3NC2=O)CC1)C1CCN(CC(=O)O)CC1. The highest BCUT2D eigenvalue weighted by Gasteiger charge is 2.32. The lowest BCUT2D eigenvalue weighted by Crippen LogP contribution is -2.45. The molecule has 3 atom stereocenters. The van der Waals surface area contributed by atoms with Crippen LogP contribution in [0, 0.1) is 23.7 Å². The molecule has 11 nitrogen and oxygen atoms in total. The molecule has 2 aromatic rings. The number of halogens is 2. The van der Waals surface area contributed by atoms with Crippen LogP contribution in [0.4, 0.5) is 10.5 Å². The van der Waals surface area contributed by atoms with Crippen LogP contribution in [0.2, 0.25) is 10.0 Å². The number of carbonyl (C=O) groups excluding carboxylic acids is 3. The van der Waals surface area contributed by atoms with E-state index in [1.807, 2.05) is 23.1 Å². The highest BCUT2D eigenvalue weighted by atomic mass is 35.5. The number of anilines is 1. The lowest BCUT2D eigenvalue weighted by molar-refractivity contribution is -0.138. The minimum absolute atomic E-state index is 0.0293. The van der Waals surface area contributed by atoms with Gasteiger partial charge in [0.25, 0.3) is 5.91 Å². The molecular weight excluding hydrogens is 719 g/mol. The van der Waals surface area contributed by atoms with Crippen molar-refractivity contribution in [3.63, 3.8) is 0 Å². The van der Waals surface area contributed by atoms with Crippen molar-refractivity contribution in [1.29, 1.82) is 0 Å². The number of carboxylic acids is 1. The molecule has 0 saturated carbocycles. The zero-order valence-corrected chi connectivity index (χ0v) is 32.2. The van der Waals surface area contributed by atoms with E-state index in [4.69, 9.17) is 33.0 Å². The van der Waals surface area contributed by atoms with Gasteiger partial charge >= 0.3 is 12.1 Å². The normalized spacial score (nSPS) is 19.8. The first-order valence-corrected chi connectivity index (χ1v) is 20.0. The van der Waals surface area contributed by atoms with Gasteiger partial charge in [-0.05, 0) is 118 Å². The number of nitrogens with one attached hydrogen (secondary N) is 2. The number of benzene rings is 2. The number of para-hydroxylation sites is 1. The molecule has 3 amide bonds. The van der Waals surface area contributed by atoms with Gasteiger partial charge in [0.05, 0.1) is 16.6 Å². The summed E-state index contributed by atoms with van der Waals surface area (Å²) in [4.78, 5) is 54.8. The van der Waals surface area contributed by atoms with Gasteiger partial charge in [-0.2, -0.15) is 0 Å². The number of hydrogen-bond donors (Lipinski definition) is 4. The zero-order valence-electron chi connectivity index (χ0n) is 30.7. The van der Waals surface area contributed by atoms with Crippen molar-refractivity contribution in [3.8, 4) is 5.75 Å². The van der Waals surface area contributed by atoms with E-state index in [2.05, 4.69) is 23.6 Å². The smallest absolute Gasteiger partial charge is 0.410 e. The number of nitrogens with zero attached hydrogens (tertiary/aromatic N) is 2. The second kappa shape index (κ2) is 19.7. The van der Waals surface area contributed by atoms with Gasteiger partial charge in [-0.15, -0.1) is 0 Å². The summed E-state index contributed by atoms with van der Waals surface area (Å²) >= 11 is 12.4. The average Bonchev–Trinajstić information content (AvgIpc) is 3.30. The first-order chi connectivity index (χ1) is 25.5. The molecule has 13 heteroatoms. The van der Waals surface area contributed by atoms with Crippen molar-refractivity contribution in [2.45, 2.75) is 90.1 Å². The molecule has 0 spiro atoms. The molecule has 2 fully saturated rings. The Labute approximate surface area is 322 Å². The summed E-state index contributed by atoms with van der Waals surface area (Å²) in [6.45, 7) is 5.13. The third-order valence-corrected chi connectivity index (χ3v) is 11.9. The number of aliphatic carboxylic acids is 1. The van der Waals surface area contributed by atoms with E-state index in [9.17, 15) is 24.3 Å². The average molecular weight is 774 g/mol. The van der Waals surface area contributed by atoms with Crippen LogP contribution < -0.4 is 10.6 Å². The van der Waals surface area contributed by atoms with E-state index in [1.165, 1.54) is 17.7 Å². The number of hydrogen-bond acceptors (Lipinski definition) is 7. The lowest BCUT2D eigenvalue weighted by Gasteiger charge is -2.35. The van der Waals surface area contributed by atoms with Gasteiger partial charge in [0.2, 0.25) is 5.91 Å². The Hall–Kier alpha value is -3.54. The molecule has 2 unspecified atom stereocenters. The van der Waals surface area contributed by atoms with E-state index in [0.717, 1.165) is 89.4 Å². The molecule has 3 aliphatic rings. The van der Waals surface area contributed by atoms with Gasteiger partial charge in [0.15, 0.2) is 11.9 Å².